The maximum absolute atomic E-state index is 12.9. The number of carbonyl (C=O) groups excluding carboxylic acids is 1. The summed E-state index contributed by atoms with van der Waals surface area (Å²) in [6.07, 6.45) is 1.14. The van der Waals surface area contributed by atoms with Crippen molar-refractivity contribution < 1.29 is 17.6 Å². The van der Waals surface area contributed by atoms with Crippen LogP contribution in [0.1, 0.15) is 21.5 Å². The normalized spacial score (nSPS) is 11.2. The molecule has 7 heteroatoms. The SMILES string of the molecule is Cc1ccc(C)c(N(CCNC(=O)c2ccc(F)cc2)S(C)(=O)=O)c1. The van der Waals surface area contributed by atoms with Gasteiger partial charge in [0.05, 0.1) is 18.5 Å². The zero-order valence-corrected chi connectivity index (χ0v) is 15.2. The molecule has 134 valence electrons. The molecule has 0 bridgehead atoms. The summed E-state index contributed by atoms with van der Waals surface area (Å²) in [5, 5.41) is 2.66. The van der Waals surface area contributed by atoms with Crippen molar-refractivity contribution in [3.05, 3.63) is 65.0 Å². The minimum absolute atomic E-state index is 0.107. The standard InChI is InChI=1S/C18H21FN2O3S/c1-13-4-5-14(2)17(12-13)21(25(3,23)24)11-10-20-18(22)15-6-8-16(19)9-7-15/h4-9,12H,10-11H2,1-3H3,(H,20,22). The van der Waals surface area contributed by atoms with Crippen LogP contribution in [-0.2, 0) is 10.0 Å². The summed E-state index contributed by atoms with van der Waals surface area (Å²) >= 11 is 0. The molecule has 25 heavy (non-hydrogen) atoms. The molecule has 0 aliphatic rings. The lowest BCUT2D eigenvalue weighted by atomic mass is 10.1. The molecule has 0 saturated carbocycles. The third-order valence-corrected chi connectivity index (χ3v) is 4.92. The van der Waals surface area contributed by atoms with E-state index in [1.54, 1.807) is 6.07 Å². The lowest BCUT2D eigenvalue weighted by Gasteiger charge is -2.24. The number of anilines is 1. The highest BCUT2D eigenvalue weighted by Gasteiger charge is 2.19. The van der Waals surface area contributed by atoms with Crippen LogP contribution in [0.2, 0.25) is 0 Å². The van der Waals surface area contributed by atoms with Crippen LogP contribution in [0.5, 0.6) is 0 Å². The Balaban J connectivity index is 2.10. The number of amides is 1. The molecule has 0 aliphatic heterocycles. The van der Waals surface area contributed by atoms with Crippen molar-refractivity contribution in [1.82, 2.24) is 5.32 Å². The lowest BCUT2D eigenvalue weighted by Crippen LogP contribution is -2.38. The van der Waals surface area contributed by atoms with E-state index in [1.807, 2.05) is 26.0 Å². The van der Waals surface area contributed by atoms with Crippen LogP contribution in [0.15, 0.2) is 42.5 Å². The fourth-order valence-electron chi connectivity index (χ4n) is 2.43. The first kappa shape index (κ1) is 18.9. The Labute approximate surface area is 147 Å². The topological polar surface area (TPSA) is 66.5 Å². The van der Waals surface area contributed by atoms with Gasteiger partial charge >= 0.3 is 0 Å². The molecule has 1 amide bonds. The summed E-state index contributed by atoms with van der Waals surface area (Å²) in [6.45, 7) is 3.97. The van der Waals surface area contributed by atoms with Gasteiger partial charge in [0.25, 0.3) is 5.91 Å². The zero-order chi connectivity index (χ0) is 18.6. The van der Waals surface area contributed by atoms with Crippen molar-refractivity contribution in [2.45, 2.75) is 13.8 Å². The van der Waals surface area contributed by atoms with E-state index in [1.165, 1.54) is 28.6 Å². The maximum atomic E-state index is 12.9. The number of hydrogen-bond donors (Lipinski definition) is 1. The monoisotopic (exact) mass is 364 g/mol. The van der Waals surface area contributed by atoms with Crippen LogP contribution in [0.4, 0.5) is 10.1 Å². The molecule has 2 aromatic carbocycles. The maximum Gasteiger partial charge on any atom is 0.251 e. The molecule has 0 heterocycles. The molecule has 0 aliphatic carbocycles. The van der Waals surface area contributed by atoms with Crippen LogP contribution in [0, 0.1) is 19.7 Å². The Morgan fingerprint density at radius 1 is 1.12 bits per heavy atom. The lowest BCUT2D eigenvalue weighted by molar-refractivity contribution is 0.0955. The van der Waals surface area contributed by atoms with Gasteiger partial charge in [-0.2, -0.15) is 0 Å². The molecule has 0 aromatic heterocycles. The van der Waals surface area contributed by atoms with Gasteiger partial charge in [-0.15, -0.1) is 0 Å². The number of sulfonamides is 1. The molecule has 1 N–H and O–H groups in total. The number of nitrogens with one attached hydrogen (secondary N) is 1. The van der Waals surface area contributed by atoms with Crippen molar-refractivity contribution in [3.63, 3.8) is 0 Å². The molecule has 0 atom stereocenters. The highest BCUT2D eigenvalue weighted by molar-refractivity contribution is 7.92. The molecule has 0 saturated heterocycles. The fourth-order valence-corrected chi connectivity index (χ4v) is 3.40. The number of rotatable bonds is 6. The van der Waals surface area contributed by atoms with E-state index in [2.05, 4.69) is 5.32 Å². The van der Waals surface area contributed by atoms with E-state index in [0.717, 1.165) is 17.4 Å². The number of carbonyl (C=O) groups is 1. The molecule has 2 aromatic rings. The summed E-state index contributed by atoms with van der Waals surface area (Å²) in [7, 11) is -3.49. The first-order valence-electron chi connectivity index (χ1n) is 7.77. The summed E-state index contributed by atoms with van der Waals surface area (Å²) < 4.78 is 38.5. The summed E-state index contributed by atoms with van der Waals surface area (Å²) in [5.41, 5.74) is 2.70. The van der Waals surface area contributed by atoms with Crippen molar-refractivity contribution in [1.29, 1.82) is 0 Å². The van der Waals surface area contributed by atoms with E-state index in [-0.39, 0.29) is 19.0 Å². The molecule has 0 radical (unpaired) electrons. The Hall–Kier alpha value is -2.41. The van der Waals surface area contributed by atoms with Crippen molar-refractivity contribution in [2.24, 2.45) is 0 Å². The quantitative estimate of drug-likeness (QED) is 0.857. The molecule has 0 unspecified atom stereocenters. The van der Waals surface area contributed by atoms with Gasteiger partial charge in [-0.25, -0.2) is 12.8 Å². The van der Waals surface area contributed by atoms with Gasteiger partial charge in [-0.05, 0) is 55.3 Å². The second kappa shape index (κ2) is 7.65. The Morgan fingerprint density at radius 2 is 1.76 bits per heavy atom. The van der Waals surface area contributed by atoms with Crippen molar-refractivity contribution in [3.8, 4) is 0 Å². The van der Waals surface area contributed by atoms with E-state index in [4.69, 9.17) is 0 Å². The third-order valence-electron chi connectivity index (χ3n) is 3.74. The predicted octanol–water partition coefficient (Wildman–Crippen LogP) is 2.64. The fraction of sp³-hybridized carbons (Fsp3) is 0.278. The second-order valence-corrected chi connectivity index (χ2v) is 7.79. The van der Waals surface area contributed by atoms with Crippen LogP contribution in [-0.4, -0.2) is 33.7 Å². The largest absolute Gasteiger partial charge is 0.350 e. The highest BCUT2D eigenvalue weighted by atomic mass is 32.2. The average Bonchev–Trinajstić information content (AvgIpc) is 2.53. The molecule has 0 fully saturated rings. The minimum Gasteiger partial charge on any atom is -0.350 e. The smallest absolute Gasteiger partial charge is 0.251 e. The summed E-state index contributed by atoms with van der Waals surface area (Å²) in [6, 6.07) is 10.7. The Morgan fingerprint density at radius 3 is 2.36 bits per heavy atom. The van der Waals surface area contributed by atoms with Gasteiger partial charge in [0.15, 0.2) is 0 Å². The first-order valence-corrected chi connectivity index (χ1v) is 9.62. The van der Waals surface area contributed by atoms with E-state index < -0.39 is 15.8 Å². The summed E-state index contributed by atoms with van der Waals surface area (Å²) in [4.78, 5) is 12.0. The Bertz CT molecular complexity index is 864. The van der Waals surface area contributed by atoms with Gasteiger partial charge in [0, 0.05) is 12.1 Å². The third kappa shape index (κ3) is 5.03. The van der Waals surface area contributed by atoms with Gasteiger partial charge in [0.2, 0.25) is 10.0 Å². The van der Waals surface area contributed by atoms with Crippen molar-refractivity contribution in [2.75, 3.05) is 23.7 Å². The van der Waals surface area contributed by atoms with Crippen LogP contribution in [0.3, 0.4) is 0 Å². The molecular formula is C18H21FN2O3S. The molecular weight excluding hydrogens is 343 g/mol. The van der Waals surface area contributed by atoms with E-state index in [9.17, 15) is 17.6 Å². The number of aryl methyl sites for hydroxylation is 2. The van der Waals surface area contributed by atoms with Crippen LogP contribution >= 0.6 is 0 Å². The number of benzene rings is 2. The molecule has 2 rings (SSSR count). The average molecular weight is 364 g/mol. The zero-order valence-electron chi connectivity index (χ0n) is 14.4. The summed E-state index contributed by atoms with van der Waals surface area (Å²) in [5.74, 6) is -0.802. The predicted molar refractivity (Wildman–Crippen MR) is 96.8 cm³/mol. The van der Waals surface area contributed by atoms with Crippen LogP contribution < -0.4 is 9.62 Å². The first-order chi connectivity index (χ1) is 11.7. The van der Waals surface area contributed by atoms with Crippen LogP contribution in [0.25, 0.3) is 0 Å². The molecule has 0 spiro atoms. The van der Waals surface area contributed by atoms with Gasteiger partial charge in [-0.3, -0.25) is 9.10 Å². The minimum atomic E-state index is -3.49. The number of nitrogens with zero attached hydrogens (tertiary/aromatic N) is 1. The van der Waals surface area contributed by atoms with Gasteiger partial charge in [-0.1, -0.05) is 12.1 Å². The highest BCUT2D eigenvalue weighted by Crippen LogP contribution is 2.23. The van der Waals surface area contributed by atoms with E-state index >= 15 is 0 Å². The second-order valence-electron chi connectivity index (χ2n) is 5.89. The molecule has 5 nitrogen and oxygen atoms in total. The van der Waals surface area contributed by atoms with Gasteiger partial charge in [0.1, 0.15) is 5.82 Å². The van der Waals surface area contributed by atoms with Crippen molar-refractivity contribution >= 4 is 21.6 Å². The van der Waals surface area contributed by atoms with Gasteiger partial charge < -0.3 is 5.32 Å². The number of halogens is 1. The Kier molecular flexibility index (Phi) is 5.79. The van der Waals surface area contributed by atoms with E-state index in [0.29, 0.717) is 11.3 Å². The number of hydrogen-bond acceptors (Lipinski definition) is 3.